The fourth-order valence-electron chi connectivity index (χ4n) is 1.61. The number of rotatable bonds is 7. The molecule has 0 spiro atoms. The van der Waals surface area contributed by atoms with E-state index in [1.54, 1.807) is 11.9 Å². The molecule has 0 aliphatic heterocycles. The van der Waals surface area contributed by atoms with Crippen molar-refractivity contribution in [3.05, 3.63) is 35.9 Å². The lowest BCUT2D eigenvalue weighted by Crippen LogP contribution is -2.37. The summed E-state index contributed by atoms with van der Waals surface area (Å²) in [6.07, 6.45) is 1.01. The van der Waals surface area contributed by atoms with Crippen molar-refractivity contribution in [3.8, 4) is 0 Å². The molecule has 19 heavy (non-hydrogen) atoms. The summed E-state index contributed by atoms with van der Waals surface area (Å²) < 4.78 is 0. The summed E-state index contributed by atoms with van der Waals surface area (Å²) in [6.45, 7) is 1.06. The van der Waals surface area contributed by atoms with E-state index in [4.69, 9.17) is 5.73 Å². The molecule has 1 aromatic carbocycles. The zero-order chi connectivity index (χ0) is 14.1. The first-order chi connectivity index (χ1) is 9.13. The van der Waals surface area contributed by atoms with Gasteiger partial charge in [0.2, 0.25) is 11.8 Å². The Morgan fingerprint density at radius 3 is 2.58 bits per heavy atom. The van der Waals surface area contributed by atoms with Gasteiger partial charge in [0.15, 0.2) is 0 Å². The lowest BCUT2D eigenvalue weighted by molar-refractivity contribution is -0.132. The zero-order valence-electron chi connectivity index (χ0n) is 11.3. The fraction of sp³-hybridized carbons (Fsp3) is 0.429. The fourth-order valence-corrected chi connectivity index (χ4v) is 1.61. The molecule has 0 aliphatic rings. The third-order valence-corrected chi connectivity index (χ3v) is 2.73. The van der Waals surface area contributed by atoms with Crippen molar-refractivity contribution >= 4 is 11.8 Å². The summed E-state index contributed by atoms with van der Waals surface area (Å²) in [5.41, 5.74) is 6.37. The van der Waals surface area contributed by atoms with E-state index in [1.165, 1.54) is 0 Å². The van der Waals surface area contributed by atoms with Crippen LogP contribution in [0.4, 0.5) is 0 Å². The molecule has 0 unspecified atom stereocenters. The van der Waals surface area contributed by atoms with Gasteiger partial charge in [-0.3, -0.25) is 9.59 Å². The van der Waals surface area contributed by atoms with Crippen molar-refractivity contribution in [1.29, 1.82) is 0 Å². The Balaban J connectivity index is 2.31. The molecule has 0 saturated heterocycles. The number of hydrogen-bond donors (Lipinski definition) is 2. The molecular weight excluding hydrogens is 242 g/mol. The predicted octanol–water partition coefficient (Wildman–Crippen LogP) is 0.500. The van der Waals surface area contributed by atoms with E-state index in [-0.39, 0.29) is 18.4 Å². The number of carbonyl (C=O) groups excluding carboxylic acids is 2. The quantitative estimate of drug-likeness (QED) is 0.752. The van der Waals surface area contributed by atoms with E-state index in [2.05, 4.69) is 5.32 Å². The molecule has 0 saturated carbocycles. The second-order valence-corrected chi connectivity index (χ2v) is 4.40. The number of benzene rings is 1. The highest BCUT2D eigenvalue weighted by molar-refractivity contribution is 5.84. The van der Waals surface area contributed by atoms with E-state index in [1.807, 2.05) is 30.3 Å². The Labute approximate surface area is 113 Å². The van der Waals surface area contributed by atoms with Gasteiger partial charge in [0.1, 0.15) is 0 Å². The molecule has 104 valence electrons. The first kappa shape index (κ1) is 15.2. The molecule has 0 fully saturated rings. The Morgan fingerprint density at radius 2 is 1.95 bits per heavy atom. The van der Waals surface area contributed by atoms with Crippen LogP contribution in [0.5, 0.6) is 0 Å². The zero-order valence-corrected chi connectivity index (χ0v) is 11.3. The van der Waals surface area contributed by atoms with Gasteiger partial charge in [0.05, 0.1) is 6.54 Å². The van der Waals surface area contributed by atoms with Gasteiger partial charge >= 0.3 is 0 Å². The topological polar surface area (TPSA) is 75.4 Å². The van der Waals surface area contributed by atoms with Crippen LogP contribution < -0.4 is 11.1 Å². The van der Waals surface area contributed by atoms with Crippen molar-refractivity contribution in [2.75, 3.05) is 20.1 Å². The van der Waals surface area contributed by atoms with Crippen molar-refractivity contribution in [3.63, 3.8) is 0 Å². The second-order valence-electron chi connectivity index (χ2n) is 4.40. The highest BCUT2D eigenvalue weighted by atomic mass is 16.2. The maximum absolute atomic E-state index is 11.8. The van der Waals surface area contributed by atoms with Gasteiger partial charge < -0.3 is 16.0 Å². The minimum atomic E-state index is -0.132. The molecule has 0 aliphatic carbocycles. The Kier molecular flexibility index (Phi) is 6.60. The van der Waals surface area contributed by atoms with Gasteiger partial charge in [-0.1, -0.05) is 30.3 Å². The Morgan fingerprint density at radius 1 is 1.26 bits per heavy atom. The largest absolute Gasteiger partial charge is 0.347 e. The summed E-state index contributed by atoms with van der Waals surface area (Å²) in [5, 5.41) is 2.60. The number of amides is 2. The number of nitrogens with zero attached hydrogens (tertiary/aromatic N) is 1. The van der Waals surface area contributed by atoms with Gasteiger partial charge in [-0.2, -0.15) is 0 Å². The summed E-state index contributed by atoms with van der Waals surface area (Å²) in [4.78, 5) is 24.8. The molecule has 0 aromatic heterocycles. The van der Waals surface area contributed by atoms with Crippen molar-refractivity contribution in [2.24, 2.45) is 5.73 Å². The molecule has 3 N–H and O–H groups in total. The normalized spacial score (nSPS) is 10.0. The Hall–Kier alpha value is -1.88. The average molecular weight is 263 g/mol. The van der Waals surface area contributed by atoms with Crippen LogP contribution in [0.1, 0.15) is 18.4 Å². The van der Waals surface area contributed by atoms with Crippen LogP contribution in [-0.4, -0.2) is 36.9 Å². The molecule has 5 heteroatoms. The molecule has 2 amide bonds. The van der Waals surface area contributed by atoms with Crippen LogP contribution in [0, 0.1) is 0 Å². The maximum Gasteiger partial charge on any atom is 0.242 e. The summed E-state index contributed by atoms with van der Waals surface area (Å²) >= 11 is 0. The summed E-state index contributed by atoms with van der Waals surface area (Å²) in [7, 11) is 1.72. The minimum Gasteiger partial charge on any atom is -0.347 e. The van der Waals surface area contributed by atoms with Gasteiger partial charge in [-0.15, -0.1) is 0 Å². The lowest BCUT2D eigenvalue weighted by atomic mass is 10.2. The van der Waals surface area contributed by atoms with Crippen LogP contribution in [0.3, 0.4) is 0 Å². The lowest BCUT2D eigenvalue weighted by Gasteiger charge is -2.17. The van der Waals surface area contributed by atoms with E-state index >= 15 is 0 Å². The number of likely N-dealkylation sites (N-methyl/N-ethyl adjacent to an activating group) is 1. The molecule has 1 rings (SSSR count). The van der Waals surface area contributed by atoms with Crippen LogP contribution in [-0.2, 0) is 16.1 Å². The SMILES string of the molecule is CN(Cc1ccccc1)C(=O)CNC(=O)CCCN. The predicted molar refractivity (Wildman–Crippen MR) is 74.2 cm³/mol. The first-order valence-electron chi connectivity index (χ1n) is 6.38. The standard InChI is InChI=1S/C14H21N3O2/c1-17(11-12-6-3-2-4-7-12)14(19)10-16-13(18)8-5-9-15/h2-4,6-7H,5,8-11,15H2,1H3,(H,16,18). The average Bonchev–Trinajstić information content (AvgIpc) is 2.43. The molecule has 0 atom stereocenters. The second kappa shape index (κ2) is 8.26. The summed E-state index contributed by atoms with van der Waals surface area (Å²) in [5.74, 6) is -0.239. The number of nitrogens with two attached hydrogens (primary N) is 1. The van der Waals surface area contributed by atoms with Crippen LogP contribution in [0.2, 0.25) is 0 Å². The van der Waals surface area contributed by atoms with Crippen LogP contribution >= 0.6 is 0 Å². The van der Waals surface area contributed by atoms with Crippen molar-refractivity contribution < 1.29 is 9.59 Å². The Bertz CT molecular complexity index is 406. The molecule has 0 radical (unpaired) electrons. The summed E-state index contributed by atoms with van der Waals surface area (Å²) in [6, 6.07) is 9.72. The van der Waals surface area contributed by atoms with Crippen LogP contribution in [0.25, 0.3) is 0 Å². The maximum atomic E-state index is 11.8. The number of nitrogens with one attached hydrogen (secondary N) is 1. The van der Waals surface area contributed by atoms with Gasteiger partial charge in [0, 0.05) is 20.0 Å². The molecule has 0 heterocycles. The van der Waals surface area contributed by atoms with E-state index in [0.29, 0.717) is 25.9 Å². The third-order valence-electron chi connectivity index (χ3n) is 2.73. The van der Waals surface area contributed by atoms with Gasteiger partial charge in [-0.05, 0) is 18.5 Å². The molecule has 0 bridgehead atoms. The molecule has 5 nitrogen and oxygen atoms in total. The number of carbonyl (C=O) groups is 2. The number of hydrogen-bond acceptors (Lipinski definition) is 3. The van der Waals surface area contributed by atoms with E-state index < -0.39 is 0 Å². The van der Waals surface area contributed by atoms with Crippen molar-refractivity contribution in [2.45, 2.75) is 19.4 Å². The van der Waals surface area contributed by atoms with Gasteiger partial charge in [0.25, 0.3) is 0 Å². The molecule has 1 aromatic rings. The first-order valence-corrected chi connectivity index (χ1v) is 6.38. The third kappa shape index (κ3) is 6.01. The van der Waals surface area contributed by atoms with Crippen molar-refractivity contribution in [1.82, 2.24) is 10.2 Å². The van der Waals surface area contributed by atoms with Gasteiger partial charge in [-0.25, -0.2) is 0 Å². The molecular formula is C14H21N3O2. The monoisotopic (exact) mass is 263 g/mol. The minimum absolute atomic E-state index is 0.0345. The highest BCUT2D eigenvalue weighted by Crippen LogP contribution is 2.02. The van der Waals surface area contributed by atoms with E-state index in [0.717, 1.165) is 5.56 Å². The smallest absolute Gasteiger partial charge is 0.242 e. The highest BCUT2D eigenvalue weighted by Gasteiger charge is 2.10. The van der Waals surface area contributed by atoms with E-state index in [9.17, 15) is 9.59 Å². The van der Waals surface area contributed by atoms with Crippen LogP contribution in [0.15, 0.2) is 30.3 Å².